The lowest BCUT2D eigenvalue weighted by Gasteiger charge is -2.35. The Balaban J connectivity index is 0.000000720. The van der Waals surface area contributed by atoms with E-state index >= 15 is 0 Å². The van der Waals surface area contributed by atoms with Crippen LogP contribution in [-0.4, -0.2) is 25.2 Å². The van der Waals surface area contributed by atoms with Gasteiger partial charge in [0, 0.05) is 19.6 Å². The Bertz CT molecular complexity index is 173. The number of hydrogen-bond acceptors (Lipinski definition) is 2. The summed E-state index contributed by atoms with van der Waals surface area (Å²) < 4.78 is 25.8. The van der Waals surface area contributed by atoms with E-state index in [0.29, 0.717) is 12.6 Å². The van der Waals surface area contributed by atoms with Gasteiger partial charge in [-0.1, -0.05) is 0 Å². The summed E-state index contributed by atoms with van der Waals surface area (Å²) in [6.45, 7) is 0.704. The molecule has 1 aliphatic carbocycles. The quantitative estimate of drug-likeness (QED) is 0.593. The van der Waals surface area contributed by atoms with E-state index in [0.717, 1.165) is 12.8 Å². The van der Waals surface area contributed by atoms with Gasteiger partial charge in [0.15, 0.2) is 0 Å². The van der Waals surface area contributed by atoms with Crippen LogP contribution in [0.5, 0.6) is 0 Å². The van der Waals surface area contributed by atoms with Gasteiger partial charge in [-0.2, -0.15) is 0 Å². The van der Waals surface area contributed by atoms with E-state index < -0.39 is 7.04 Å². The Hall–Kier alpha value is 0.210. The number of ether oxygens (including phenoxy) is 1. The van der Waals surface area contributed by atoms with Crippen molar-refractivity contribution in [1.82, 2.24) is 5.32 Å². The zero-order valence-electron chi connectivity index (χ0n) is 8.02. The highest BCUT2D eigenvalue weighted by molar-refractivity contribution is 5.85. The highest BCUT2D eigenvalue weighted by Crippen LogP contribution is 2.40. The molecule has 2 bridgehead atoms. The van der Waals surface area contributed by atoms with Crippen LogP contribution in [0.4, 0.5) is 0 Å². The largest absolute Gasteiger partial charge is 0.377 e. The molecule has 0 amide bonds. The Morgan fingerprint density at radius 3 is 3.00 bits per heavy atom. The molecular formula is C6H12ClNO. The standard InChI is InChI=1S/C6H11NO.ClH/c1-8-6-2-5(3-6)7-4-6;/h5,7H,2-4H2,1H3;1H/i1D3;. The van der Waals surface area contributed by atoms with Gasteiger partial charge in [0.25, 0.3) is 0 Å². The first-order chi connectivity index (χ1) is 4.99. The maximum Gasteiger partial charge on any atom is 0.0832 e. The lowest BCUT2D eigenvalue weighted by molar-refractivity contribution is -0.0362. The van der Waals surface area contributed by atoms with Crippen molar-refractivity contribution in [2.75, 3.05) is 13.6 Å². The highest BCUT2D eigenvalue weighted by atomic mass is 35.5. The van der Waals surface area contributed by atoms with Crippen molar-refractivity contribution in [3.63, 3.8) is 0 Å². The van der Waals surface area contributed by atoms with Gasteiger partial charge in [0.2, 0.25) is 0 Å². The average Bonchev–Trinajstić information content (AvgIpc) is 2.15. The second kappa shape index (κ2) is 2.11. The van der Waals surface area contributed by atoms with Crippen LogP contribution in [0.2, 0.25) is 0 Å². The maximum absolute atomic E-state index is 6.93. The number of methoxy groups -OCH3 is 1. The average molecular weight is 153 g/mol. The van der Waals surface area contributed by atoms with E-state index in [1.165, 1.54) is 0 Å². The zero-order chi connectivity index (χ0) is 8.11. The summed E-state index contributed by atoms with van der Waals surface area (Å²) in [6.07, 6.45) is 1.73. The molecule has 0 unspecified atom stereocenters. The number of halogens is 1. The predicted octanol–water partition coefficient (Wildman–Crippen LogP) is 0.559. The molecule has 9 heavy (non-hydrogen) atoms. The maximum atomic E-state index is 6.93. The molecular weight excluding hydrogens is 138 g/mol. The molecule has 0 radical (unpaired) electrons. The van der Waals surface area contributed by atoms with Crippen LogP contribution < -0.4 is 5.32 Å². The van der Waals surface area contributed by atoms with Crippen LogP contribution in [-0.2, 0) is 4.74 Å². The van der Waals surface area contributed by atoms with Crippen molar-refractivity contribution in [2.24, 2.45) is 0 Å². The van der Waals surface area contributed by atoms with Crippen LogP contribution >= 0.6 is 12.4 Å². The fourth-order valence-corrected chi connectivity index (χ4v) is 1.58. The molecule has 2 nitrogen and oxygen atoms in total. The lowest BCUT2D eigenvalue weighted by atomic mass is 9.81. The van der Waals surface area contributed by atoms with E-state index in [1.807, 2.05) is 0 Å². The van der Waals surface area contributed by atoms with E-state index in [2.05, 4.69) is 5.32 Å². The summed E-state index contributed by atoms with van der Waals surface area (Å²) >= 11 is 0. The zero-order valence-corrected chi connectivity index (χ0v) is 5.83. The van der Waals surface area contributed by atoms with E-state index in [-0.39, 0.29) is 18.0 Å². The van der Waals surface area contributed by atoms with Gasteiger partial charge in [-0.15, -0.1) is 12.4 Å². The third kappa shape index (κ3) is 0.858. The number of nitrogens with one attached hydrogen (secondary N) is 1. The molecule has 2 saturated heterocycles. The van der Waals surface area contributed by atoms with Gasteiger partial charge in [-0.05, 0) is 12.8 Å². The molecule has 0 aromatic carbocycles. The summed E-state index contributed by atoms with van der Waals surface area (Å²) in [6, 6.07) is 0.511. The summed E-state index contributed by atoms with van der Waals surface area (Å²) in [5.41, 5.74) is -0.351. The van der Waals surface area contributed by atoms with Gasteiger partial charge in [-0.3, -0.25) is 0 Å². The molecule has 2 aliphatic heterocycles. The minimum atomic E-state index is -2.23. The minimum absolute atomic E-state index is 0. The molecule has 1 N–H and O–H groups in total. The molecule has 1 saturated carbocycles. The van der Waals surface area contributed by atoms with Crippen molar-refractivity contribution >= 4 is 12.4 Å². The van der Waals surface area contributed by atoms with Crippen LogP contribution in [0.1, 0.15) is 17.0 Å². The molecule has 0 aromatic heterocycles. The van der Waals surface area contributed by atoms with Gasteiger partial charge in [0.05, 0.1) is 9.71 Å². The fourth-order valence-electron chi connectivity index (χ4n) is 1.58. The second-order valence-corrected chi connectivity index (χ2v) is 2.77. The first-order valence-corrected chi connectivity index (χ1v) is 2.93. The first-order valence-electron chi connectivity index (χ1n) is 4.43. The van der Waals surface area contributed by atoms with Crippen LogP contribution in [0, 0.1) is 0 Å². The molecule has 54 valence electrons. The van der Waals surface area contributed by atoms with Crippen LogP contribution in [0.3, 0.4) is 0 Å². The fraction of sp³-hybridized carbons (Fsp3) is 1.00. The molecule has 3 fully saturated rings. The van der Waals surface area contributed by atoms with E-state index in [9.17, 15) is 0 Å². The smallest absolute Gasteiger partial charge is 0.0832 e. The summed E-state index contributed by atoms with van der Waals surface area (Å²) in [7, 11) is -2.23. The number of hydrogen-bond donors (Lipinski definition) is 1. The Kier molecular flexibility index (Phi) is 0.978. The lowest BCUT2D eigenvalue weighted by Crippen LogP contribution is -2.41. The van der Waals surface area contributed by atoms with Crippen molar-refractivity contribution in [1.29, 1.82) is 0 Å². The Morgan fingerprint density at radius 2 is 2.56 bits per heavy atom. The van der Waals surface area contributed by atoms with Gasteiger partial charge in [-0.25, -0.2) is 0 Å². The Labute approximate surface area is 65.6 Å². The monoisotopic (exact) mass is 152 g/mol. The third-order valence-corrected chi connectivity index (χ3v) is 2.17. The molecule has 2 heterocycles. The molecule has 0 aromatic rings. The normalized spacial score (nSPS) is 52.0. The SMILES string of the molecule is Cl.[2H]C([2H])([2H])OC12CNC(C1)C2. The molecule has 0 spiro atoms. The summed E-state index contributed by atoms with van der Waals surface area (Å²) in [5.74, 6) is 0. The van der Waals surface area contributed by atoms with Crippen molar-refractivity contribution in [3.8, 4) is 0 Å². The predicted molar refractivity (Wildman–Crippen MR) is 38.0 cm³/mol. The molecule has 0 atom stereocenters. The third-order valence-electron chi connectivity index (χ3n) is 2.17. The van der Waals surface area contributed by atoms with Gasteiger partial charge >= 0.3 is 0 Å². The van der Waals surface area contributed by atoms with E-state index in [1.54, 1.807) is 0 Å². The Morgan fingerprint density at radius 1 is 1.78 bits per heavy atom. The topological polar surface area (TPSA) is 21.3 Å². The van der Waals surface area contributed by atoms with E-state index in [4.69, 9.17) is 8.85 Å². The van der Waals surface area contributed by atoms with Gasteiger partial charge in [0.1, 0.15) is 0 Å². The molecule has 3 aliphatic rings. The summed E-state index contributed by atoms with van der Waals surface area (Å²) in [5, 5.41) is 3.18. The van der Waals surface area contributed by atoms with Crippen molar-refractivity contribution < 1.29 is 8.85 Å². The van der Waals surface area contributed by atoms with Gasteiger partial charge < -0.3 is 10.1 Å². The highest BCUT2D eigenvalue weighted by Gasteiger charge is 2.50. The number of rotatable bonds is 1. The molecule has 3 heteroatoms. The first kappa shape index (κ1) is 4.16. The molecule has 3 rings (SSSR count). The summed E-state index contributed by atoms with van der Waals surface area (Å²) in [4.78, 5) is 0. The van der Waals surface area contributed by atoms with Crippen LogP contribution in [0.25, 0.3) is 0 Å². The van der Waals surface area contributed by atoms with Crippen LogP contribution in [0.15, 0.2) is 0 Å². The second-order valence-electron chi connectivity index (χ2n) is 2.77. The minimum Gasteiger partial charge on any atom is -0.377 e. The number of fused-ring (bicyclic) bond motifs is 1. The van der Waals surface area contributed by atoms with Crippen molar-refractivity contribution in [2.45, 2.75) is 24.5 Å². The van der Waals surface area contributed by atoms with Crippen molar-refractivity contribution in [3.05, 3.63) is 0 Å².